The molecule has 1 amide bonds. The maximum atomic E-state index is 12.6. The minimum Gasteiger partial charge on any atom is -0.380 e. The number of carbonyl (C=O) groups is 1. The first-order valence-corrected chi connectivity index (χ1v) is 9.46. The van der Waals surface area contributed by atoms with E-state index in [1.165, 1.54) is 5.56 Å². The average Bonchev–Trinajstić information content (AvgIpc) is 2.56. The molecule has 1 aromatic carbocycles. The van der Waals surface area contributed by atoms with Gasteiger partial charge in [0.15, 0.2) is 0 Å². The Morgan fingerprint density at radius 3 is 2.45 bits per heavy atom. The van der Waals surface area contributed by atoms with E-state index < -0.39 is 5.60 Å². The molecule has 2 aliphatic heterocycles. The summed E-state index contributed by atoms with van der Waals surface area (Å²) in [6.07, 6.45) is 4.42. The molecule has 2 aliphatic rings. The molecule has 2 saturated heterocycles. The van der Waals surface area contributed by atoms with Gasteiger partial charge in [-0.3, -0.25) is 4.79 Å². The van der Waals surface area contributed by atoms with Gasteiger partial charge in [0, 0.05) is 13.1 Å². The first-order valence-electron chi connectivity index (χ1n) is 8.31. The quantitative estimate of drug-likeness (QED) is 0.931. The fourth-order valence-electron chi connectivity index (χ4n) is 3.50. The van der Waals surface area contributed by atoms with Gasteiger partial charge in [0.25, 0.3) is 5.91 Å². The van der Waals surface area contributed by atoms with Crippen molar-refractivity contribution in [3.63, 3.8) is 0 Å². The van der Waals surface area contributed by atoms with Gasteiger partial charge in [0.05, 0.1) is 0 Å². The maximum Gasteiger partial charge on any atom is 0.254 e. The third-order valence-corrected chi connectivity index (χ3v) is 5.97. The summed E-state index contributed by atoms with van der Waals surface area (Å²) in [5, 5.41) is 10.6. The van der Waals surface area contributed by atoms with Crippen molar-refractivity contribution >= 4 is 17.7 Å². The summed E-state index contributed by atoms with van der Waals surface area (Å²) >= 11 is 1.83. The summed E-state index contributed by atoms with van der Waals surface area (Å²) in [4.78, 5) is 14.5. The number of rotatable bonds is 3. The van der Waals surface area contributed by atoms with Crippen LogP contribution in [0.5, 0.6) is 0 Å². The molecule has 2 fully saturated rings. The van der Waals surface area contributed by atoms with Crippen LogP contribution in [-0.4, -0.2) is 46.1 Å². The minimum atomic E-state index is -1.09. The van der Waals surface area contributed by atoms with Crippen LogP contribution in [-0.2, 0) is 11.2 Å². The minimum absolute atomic E-state index is 0.0223. The Labute approximate surface area is 137 Å². The number of amides is 1. The average molecular weight is 319 g/mol. The second-order valence-electron chi connectivity index (χ2n) is 6.57. The van der Waals surface area contributed by atoms with Crippen LogP contribution in [0.1, 0.15) is 31.2 Å². The normalized spacial score (nSPS) is 22.5. The smallest absolute Gasteiger partial charge is 0.254 e. The van der Waals surface area contributed by atoms with Gasteiger partial charge >= 0.3 is 0 Å². The van der Waals surface area contributed by atoms with Crippen LogP contribution in [0.25, 0.3) is 0 Å². The molecule has 4 heteroatoms. The van der Waals surface area contributed by atoms with Crippen LogP contribution < -0.4 is 0 Å². The lowest BCUT2D eigenvalue weighted by Gasteiger charge is -2.39. The van der Waals surface area contributed by atoms with Gasteiger partial charge in [0.1, 0.15) is 5.60 Å². The van der Waals surface area contributed by atoms with Crippen molar-refractivity contribution in [3.8, 4) is 0 Å². The molecule has 0 aromatic heterocycles. The van der Waals surface area contributed by atoms with E-state index in [0.29, 0.717) is 18.8 Å². The van der Waals surface area contributed by atoms with Crippen molar-refractivity contribution in [2.75, 3.05) is 24.6 Å². The number of benzene rings is 1. The van der Waals surface area contributed by atoms with E-state index in [-0.39, 0.29) is 5.91 Å². The zero-order chi connectivity index (χ0) is 15.4. The molecular formula is C18H25NO2S. The molecular weight excluding hydrogens is 294 g/mol. The first-order chi connectivity index (χ1) is 10.7. The number of thioether (sulfide) groups is 1. The highest BCUT2D eigenvalue weighted by Crippen LogP contribution is 2.30. The largest absolute Gasteiger partial charge is 0.380 e. The van der Waals surface area contributed by atoms with Gasteiger partial charge in [-0.25, -0.2) is 0 Å². The molecule has 3 rings (SSSR count). The highest BCUT2D eigenvalue weighted by atomic mass is 32.2. The van der Waals surface area contributed by atoms with Gasteiger partial charge in [-0.1, -0.05) is 30.3 Å². The third-order valence-electron chi connectivity index (χ3n) is 4.99. The van der Waals surface area contributed by atoms with Gasteiger partial charge in [-0.15, -0.1) is 0 Å². The number of nitrogens with zero attached hydrogens (tertiary/aromatic N) is 1. The first kappa shape index (κ1) is 15.9. The van der Waals surface area contributed by atoms with Crippen molar-refractivity contribution in [2.45, 2.75) is 37.7 Å². The van der Waals surface area contributed by atoms with Crippen molar-refractivity contribution in [1.82, 2.24) is 4.90 Å². The van der Waals surface area contributed by atoms with Crippen molar-refractivity contribution in [1.29, 1.82) is 0 Å². The lowest BCUT2D eigenvalue weighted by molar-refractivity contribution is -0.153. The lowest BCUT2D eigenvalue weighted by Crippen LogP contribution is -2.53. The molecule has 0 atom stereocenters. The van der Waals surface area contributed by atoms with Gasteiger partial charge < -0.3 is 10.0 Å². The SMILES string of the molecule is O=C(N1CCC(Cc2ccccc2)CC1)C1(O)CCSCC1. The summed E-state index contributed by atoms with van der Waals surface area (Å²) in [5.41, 5.74) is 0.299. The molecule has 0 unspecified atom stereocenters. The zero-order valence-corrected chi connectivity index (χ0v) is 13.9. The summed E-state index contributed by atoms with van der Waals surface area (Å²) in [6, 6.07) is 10.6. The van der Waals surface area contributed by atoms with E-state index in [9.17, 15) is 9.90 Å². The Hall–Kier alpha value is -1.00. The highest BCUT2D eigenvalue weighted by molar-refractivity contribution is 7.99. The van der Waals surface area contributed by atoms with Crippen molar-refractivity contribution in [2.24, 2.45) is 5.92 Å². The molecule has 1 aromatic rings. The van der Waals surface area contributed by atoms with E-state index >= 15 is 0 Å². The van der Waals surface area contributed by atoms with Crippen molar-refractivity contribution < 1.29 is 9.90 Å². The zero-order valence-electron chi connectivity index (χ0n) is 13.0. The van der Waals surface area contributed by atoms with E-state index in [1.807, 2.05) is 22.7 Å². The van der Waals surface area contributed by atoms with Crippen molar-refractivity contribution in [3.05, 3.63) is 35.9 Å². The van der Waals surface area contributed by atoms with Gasteiger partial charge in [-0.05, 0) is 55.1 Å². The fourth-order valence-corrected chi connectivity index (χ4v) is 4.67. The van der Waals surface area contributed by atoms with E-state index in [0.717, 1.165) is 43.9 Å². The molecule has 22 heavy (non-hydrogen) atoms. The number of aliphatic hydroxyl groups is 1. The monoisotopic (exact) mass is 319 g/mol. The Bertz CT molecular complexity index is 491. The van der Waals surface area contributed by atoms with Crippen LogP contribution >= 0.6 is 11.8 Å². The van der Waals surface area contributed by atoms with Gasteiger partial charge in [0.2, 0.25) is 0 Å². The maximum absolute atomic E-state index is 12.6. The van der Waals surface area contributed by atoms with Crippen LogP contribution in [0, 0.1) is 5.92 Å². The number of hydrogen-bond acceptors (Lipinski definition) is 3. The van der Waals surface area contributed by atoms with Crippen LogP contribution in [0.2, 0.25) is 0 Å². The van der Waals surface area contributed by atoms with Crippen LogP contribution in [0.3, 0.4) is 0 Å². The summed E-state index contributed by atoms with van der Waals surface area (Å²) < 4.78 is 0. The molecule has 0 saturated carbocycles. The lowest BCUT2D eigenvalue weighted by atomic mass is 9.88. The summed E-state index contributed by atoms with van der Waals surface area (Å²) in [7, 11) is 0. The summed E-state index contributed by atoms with van der Waals surface area (Å²) in [5.74, 6) is 2.42. The predicted octanol–water partition coefficient (Wildman–Crippen LogP) is 2.73. The van der Waals surface area contributed by atoms with Crippen LogP contribution in [0.15, 0.2) is 30.3 Å². The Morgan fingerprint density at radius 2 is 1.82 bits per heavy atom. The van der Waals surface area contributed by atoms with E-state index in [1.54, 1.807) is 0 Å². The second kappa shape index (κ2) is 7.05. The van der Waals surface area contributed by atoms with E-state index in [2.05, 4.69) is 24.3 Å². The molecule has 120 valence electrons. The number of hydrogen-bond donors (Lipinski definition) is 1. The molecule has 3 nitrogen and oxygen atoms in total. The second-order valence-corrected chi connectivity index (χ2v) is 7.79. The molecule has 0 spiro atoms. The number of likely N-dealkylation sites (tertiary alicyclic amines) is 1. The Balaban J connectivity index is 1.52. The van der Waals surface area contributed by atoms with Gasteiger partial charge in [-0.2, -0.15) is 11.8 Å². The highest BCUT2D eigenvalue weighted by Gasteiger charge is 2.41. The van der Waals surface area contributed by atoms with Crippen LogP contribution in [0.4, 0.5) is 0 Å². The third kappa shape index (κ3) is 3.66. The topological polar surface area (TPSA) is 40.5 Å². The molecule has 0 radical (unpaired) electrons. The molecule has 2 heterocycles. The summed E-state index contributed by atoms with van der Waals surface area (Å²) in [6.45, 7) is 1.59. The molecule has 0 bridgehead atoms. The number of carbonyl (C=O) groups excluding carboxylic acids is 1. The fraction of sp³-hybridized carbons (Fsp3) is 0.611. The predicted molar refractivity (Wildman–Crippen MR) is 91.0 cm³/mol. The molecule has 0 aliphatic carbocycles. The Kier molecular flexibility index (Phi) is 5.09. The molecule has 1 N–H and O–H groups in total. The van der Waals surface area contributed by atoms with E-state index in [4.69, 9.17) is 0 Å². The Morgan fingerprint density at radius 1 is 1.18 bits per heavy atom. The number of piperidine rings is 1. The standard InChI is InChI=1S/C18H25NO2S/c20-17(18(21)8-12-22-13-9-18)19-10-6-16(7-11-19)14-15-4-2-1-3-5-15/h1-5,16,21H,6-14H2.